The molecule has 30 heavy (non-hydrogen) atoms. The Hall–Kier alpha value is -2.07. The molecule has 0 bridgehead atoms. The van der Waals surface area contributed by atoms with Gasteiger partial charge in [0.1, 0.15) is 18.5 Å². The highest BCUT2D eigenvalue weighted by molar-refractivity contribution is 6.30. The maximum atomic E-state index is 13.6. The summed E-state index contributed by atoms with van der Waals surface area (Å²) in [7, 11) is 0. The van der Waals surface area contributed by atoms with Gasteiger partial charge in [-0.25, -0.2) is 9.18 Å². The first-order chi connectivity index (χ1) is 14.0. The normalized spacial score (nSPS) is 25.3. The van der Waals surface area contributed by atoms with E-state index in [4.69, 9.17) is 16.3 Å². The number of hydrogen-bond acceptors (Lipinski definition) is 3. The Morgan fingerprint density at radius 3 is 2.73 bits per heavy atom. The third-order valence-corrected chi connectivity index (χ3v) is 5.72. The summed E-state index contributed by atoms with van der Waals surface area (Å²) in [6.45, 7) is 0.907. The van der Waals surface area contributed by atoms with Crippen molar-refractivity contribution >= 4 is 23.5 Å². The van der Waals surface area contributed by atoms with Crippen molar-refractivity contribution in [3.05, 3.63) is 34.6 Å². The Morgan fingerprint density at radius 2 is 2.10 bits per heavy atom. The van der Waals surface area contributed by atoms with E-state index in [0.717, 1.165) is 0 Å². The summed E-state index contributed by atoms with van der Waals surface area (Å²) in [5.41, 5.74) is 0.531. The van der Waals surface area contributed by atoms with Crippen molar-refractivity contribution in [1.82, 2.24) is 15.5 Å². The quantitative estimate of drug-likeness (QED) is 0.674. The molecule has 1 unspecified atom stereocenters. The zero-order valence-electron chi connectivity index (χ0n) is 16.1. The van der Waals surface area contributed by atoms with Crippen LogP contribution in [0.1, 0.15) is 31.4 Å². The van der Waals surface area contributed by atoms with Crippen LogP contribution in [0.15, 0.2) is 18.2 Å². The van der Waals surface area contributed by atoms with E-state index in [-0.39, 0.29) is 16.8 Å². The van der Waals surface area contributed by atoms with Crippen LogP contribution >= 0.6 is 11.6 Å². The molecule has 3 rings (SSSR count). The maximum absolute atomic E-state index is 13.6. The van der Waals surface area contributed by atoms with Crippen LogP contribution in [0.2, 0.25) is 5.02 Å². The van der Waals surface area contributed by atoms with Crippen LogP contribution in [0, 0.1) is 11.7 Å². The van der Waals surface area contributed by atoms with Crippen LogP contribution in [-0.2, 0) is 9.53 Å². The number of alkyl halides is 3. The second-order valence-electron chi connectivity index (χ2n) is 7.54. The van der Waals surface area contributed by atoms with Gasteiger partial charge >= 0.3 is 12.2 Å². The van der Waals surface area contributed by atoms with Crippen LogP contribution < -0.4 is 10.6 Å². The molecule has 6 nitrogen and oxygen atoms in total. The fraction of sp³-hybridized carbons (Fsp3) is 0.579. The van der Waals surface area contributed by atoms with Crippen LogP contribution in [0.5, 0.6) is 0 Å². The smallest absolute Gasteiger partial charge is 0.369 e. The molecule has 3 amide bonds. The Kier molecular flexibility index (Phi) is 6.76. The molecule has 0 aromatic heterocycles. The zero-order valence-corrected chi connectivity index (χ0v) is 16.9. The van der Waals surface area contributed by atoms with Gasteiger partial charge < -0.3 is 20.3 Å². The van der Waals surface area contributed by atoms with Gasteiger partial charge in [0, 0.05) is 13.1 Å². The fourth-order valence-corrected chi connectivity index (χ4v) is 3.87. The summed E-state index contributed by atoms with van der Waals surface area (Å²) < 4.78 is 55.5. The molecular formula is C19H22ClF4N3O3. The average Bonchev–Trinajstić information content (AvgIpc) is 2.63. The number of nitrogens with zero attached hydrogens (tertiary/aromatic N) is 1. The van der Waals surface area contributed by atoms with Gasteiger partial charge in [0.2, 0.25) is 5.91 Å². The summed E-state index contributed by atoms with van der Waals surface area (Å²) in [4.78, 5) is 26.0. The number of piperazine rings is 1. The van der Waals surface area contributed by atoms with E-state index in [1.165, 1.54) is 23.1 Å². The first-order valence-corrected chi connectivity index (χ1v) is 9.91. The lowest BCUT2D eigenvalue weighted by molar-refractivity contribution is -0.198. The van der Waals surface area contributed by atoms with Crippen molar-refractivity contribution in [2.24, 2.45) is 5.92 Å². The first kappa shape index (κ1) is 22.6. The van der Waals surface area contributed by atoms with E-state index < -0.39 is 42.8 Å². The molecule has 1 aromatic carbocycles. The predicted octanol–water partition coefficient (Wildman–Crippen LogP) is 3.41. The lowest BCUT2D eigenvalue weighted by Crippen LogP contribution is -2.59. The van der Waals surface area contributed by atoms with Crippen molar-refractivity contribution in [3.63, 3.8) is 0 Å². The number of rotatable bonds is 5. The van der Waals surface area contributed by atoms with Crippen LogP contribution in [0.25, 0.3) is 0 Å². The summed E-state index contributed by atoms with van der Waals surface area (Å²) >= 11 is 5.88. The number of urea groups is 1. The van der Waals surface area contributed by atoms with Gasteiger partial charge in [0.15, 0.2) is 0 Å². The number of halogens is 5. The van der Waals surface area contributed by atoms with E-state index in [1.54, 1.807) is 6.92 Å². The van der Waals surface area contributed by atoms with Crippen LogP contribution in [0.4, 0.5) is 22.4 Å². The van der Waals surface area contributed by atoms with Crippen molar-refractivity contribution in [3.8, 4) is 0 Å². The molecular weight excluding hydrogens is 430 g/mol. The number of ether oxygens (including phenoxy) is 1. The largest absolute Gasteiger partial charge is 0.411 e. The average molecular weight is 452 g/mol. The van der Waals surface area contributed by atoms with Crippen LogP contribution in [-0.4, -0.2) is 54.9 Å². The van der Waals surface area contributed by atoms with E-state index >= 15 is 0 Å². The number of carbonyl (C=O) groups excluding carboxylic acids is 2. The van der Waals surface area contributed by atoms with Crippen molar-refractivity contribution in [2.75, 3.05) is 19.7 Å². The monoisotopic (exact) mass is 451 g/mol. The predicted molar refractivity (Wildman–Crippen MR) is 100 cm³/mol. The molecule has 11 heteroatoms. The molecule has 2 N–H and O–H groups in total. The molecule has 2 atom stereocenters. The second kappa shape index (κ2) is 8.97. The molecule has 1 saturated carbocycles. The number of carbonyl (C=O) groups is 2. The minimum absolute atomic E-state index is 0.123. The number of nitrogens with one attached hydrogen (secondary N) is 2. The van der Waals surface area contributed by atoms with E-state index in [9.17, 15) is 27.2 Å². The lowest BCUT2D eigenvalue weighted by atomic mass is 9.75. The SMILES string of the molecule is C[C@@H]1C(=O)NCCN1C(=O)NC(c1ccc(F)c(Cl)c1)[C@H]1C[C@@H](OCC(F)(F)F)C1. The lowest BCUT2D eigenvalue weighted by Gasteiger charge is -2.42. The first-order valence-electron chi connectivity index (χ1n) is 9.53. The van der Waals surface area contributed by atoms with Gasteiger partial charge in [-0.05, 0) is 43.4 Å². The highest BCUT2D eigenvalue weighted by atomic mass is 35.5. The van der Waals surface area contributed by atoms with E-state index in [1.807, 2.05) is 0 Å². The van der Waals surface area contributed by atoms with Crippen molar-refractivity contribution in [1.29, 1.82) is 0 Å². The molecule has 166 valence electrons. The molecule has 2 fully saturated rings. The summed E-state index contributed by atoms with van der Waals surface area (Å²) in [6, 6.07) is 2.27. The van der Waals surface area contributed by atoms with Gasteiger partial charge in [0.25, 0.3) is 0 Å². The molecule has 1 heterocycles. The minimum Gasteiger partial charge on any atom is -0.369 e. The van der Waals surface area contributed by atoms with E-state index in [0.29, 0.717) is 31.5 Å². The molecule has 2 aliphatic rings. The number of benzene rings is 1. The Bertz CT molecular complexity index is 802. The van der Waals surface area contributed by atoms with Crippen molar-refractivity contribution in [2.45, 2.75) is 44.1 Å². The third kappa shape index (κ3) is 5.34. The summed E-state index contributed by atoms with van der Waals surface area (Å²) in [5.74, 6) is -1.11. The van der Waals surface area contributed by atoms with E-state index in [2.05, 4.69) is 10.6 Å². The molecule has 1 aliphatic heterocycles. The highest BCUT2D eigenvalue weighted by Crippen LogP contribution is 2.41. The van der Waals surface area contributed by atoms with Gasteiger partial charge in [-0.15, -0.1) is 0 Å². The summed E-state index contributed by atoms with van der Waals surface area (Å²) in [5, 5.41) is 5.38. The Balaban J connectivity index is 1.71. The standard InChI is InChI=1S/C19H22ClF4N3O3/c1-10-17(28)25-4-5-27(10)18(29)26-16(11-2-3-15(21)14(20)8-11)12-6-13(7-12)30-9-19(22,23)24/h2-3,8,10,12-13,16H,4-7,9H2,1H3,(H,25,28)(H,26,29)/t10-,12-,13+,16?/m1/s1. The van der Waals surface area contributed by atoms with Gasteiger partial charge in [0.05, 0.1) is 17.2 Å². The van der Waals surface area contributed by atoms with Gasteiger partial charge in [-0.1, -0.05) is 17.7 Å². The maximum Gasteiger partial charge on any atom is 0.411 e. The molecule has 1 aliphatic carbocycles. The topological polar surface area (TPSA) is 70.7 Å². The number of hydrogen-bond donors (Lipinski definition) is 2. The highest BCUT2D eigenvalue weighted by Gasteiger charge is 2.41. The second-order valence-corrected chi connectivity index (χ2v) is 7.95. The van der Waals surface area contributed by atoms with Crippen LogP contribution in [0.3, 0.4) is 0 Å². The fourth-order valence-electron chi connectivity index (χ4n) is 3.68. The third-order valence-electron chi connectivity index (χ3n) is 5.43. The molecule has 0 spiro atoms. The van der Waals surface area contributed by atoms with Gasteiger partial charge in [-0.2, -0.15) is 13.2 Å². The zero-order chi connectivity index (χ0) is 22.1. The molecule has 0 radical (unpaired) electrons. The molecule has 1 saturated heterocycles. The Morgan fingerprint density at radius 1 is 1.40 bits per heavy atom. The number of amides is 3. The molecule has 1 aromatic rings. The van der Waals surface area contributed by atoms with Gasteiger partial charge in [-0.3, -0.25) is 4.79 Å². The Labute approximate surface area is 175 Å². The van der Waals surface area contributed by atoms with Crippen molar-refractivity contribution < 1.29 is 31.9 Å². The minimum atomic E-state index is -4.41. The summed E-state index contributed by atoms with van der Waals surface area (Å²) in [6.07, 6.45) is -4.39.